The van der Waals surface area contributed by atoms with Crippen molar-refractivity contribution < 1.29 is 43.6 Å². The van der Waals surface area contributed by atoms with Crippen LogP contribution < -0.4 is 16.4 Å². The molecule has 238 valence electrons. The first-order valence-corrected chi connectivity index (χ1v) is 14.4. The smallest absolute Gasteiger partial charge is 0.405 e. The number of allylic oxidation sites excluding steroid dienone is 4. The summed E-state index contributed by atoms with van der Waals surface area (Å²) in [6, 6.07) is 0. The van der Waals surface area contributed by atoms with Crippen molar-refractivity contribution in [3.63, 3.8) is 0 Å². The number of aliphatic hydroxyl groups is 2. The fourth-order valence-electron chi connectivity index (χ4n) is 4.95. The average Bonchev–Trinajstić information content (AvgIpc) is 2.96. The zero-order valence-corrected chi connectivity index (χ0v) is 25.8. The largest absolute Gasteiger partial charge is 0.439 e. The van der Waals surface area contributed by atoms with Crippen molar-refractivity contribution in [3.8, 4) is 0 Å². The number of nitrogens with one attached hydrogen (secondary N) is 2. The number of amides is 2. The maximum absolute atomic E-state index is 13.5. The monoisotopic (exact) mass is 623 g/mol. The predicted molar refractivity (Wildman–Crippen MR) is 160 cm³/mol. The third kappa shape index (κ3) is 9.87. The van der Waals surface area contributed by atoms with Gasteiger partial charge in [-0.3, -0.25) is 14.4 Å². The van der Waals surface area contributed by atoms with Crippen molar-refractivity contribution in [1.82, 2.24) is 10.6 Å². The Hall–Kier alpha value is -3.29. The summed E-state index contributed by atoms with van der Waals surface area (Å²) in [6.07, 6.45) is 2.50. The van der Waals surface area contributed by atoms with E-state index in [4.69, 9.17) is 31.5 Å². The van der Waals surface area contributed by atoms with E-state index in [9.17, 15) is 29.4 Å². The number of alkyl halides is 1. The van der Waals surface area contributed by atoms with Crippen LogP contribution in [0.1, 0.15) is 33.6 Å². The summed E-state index contributed by atoms with van der Waals surface area (Å²) < 4.78 is 16.4. The number of nitrogens with two attached hydrogens (primary N) is 1. The van der Waals surface area contributed by atoms with Crippen LogP contribution in [0.4, 0.5) is 4.79 Å². The molecule has 13 heteroatoms. The topological polar surface area (TPSA) is 187 Å². The highest BCUT2D eigenvalue weighted by Gasteiger charge is 2.33. The molecule has 1 heterocycles. The molecule has 0 spiro atoms. The van der Waals surface area contributed by atoms with Crippen LogP contribution in [-0.4, -0.2) is 91.4 Å². The van der Waals surface area contributed by atoms with Gasteiger partial charge in [0, 0.05) is 49.8 Å². The third-order valence-electron chi connectivity index (χ3n) is 7.24. The average molecular weight is 624 g/mol. The molecule has 6 atom stereocenters. The number of carbonyl (C=O) groups is 4. The minimum Gasteiger partial charge on any atom is -0.439 e. The predicted octanol–water partition coefficient (Wildman–Crippen LogP) is 1.56. The lowest BCUT2D eigenvalue weighted by Gasteiger charge is -2.30. The van der Waals surface area contributed by atoms with Gasteiger partial charge in [0.25, 0.3) is 5.91 Å². The van der Waals surface area contributed by atoms with E-state index in [2.05, 4.69) is 10.6 Å². The summed E-state index contributed by atoms with van der Waals surface area (Å²) in [5, 5.41) is 26.9. The quantitative estimate of drug-likeness (QED) is 0.158. The summed E-state index contributed by atoms with van der Waals surface area (Å²) in [4.78, 5) is 51.3. The molecule has 6 N–H and O–H groups in total. The zero-order valence-electron chi connectivity index (χ0n) is 25.1. The van der Waals surface area contributed by atoms with Gasteiger partial charge in [0.15, 0.2) is 6.10 Å². The Bertz CT molecular complexity index is 1210. The summed E-state index contributed by atoms with van der Waals surface area (Å²) >= 11 is 5.82. The molecule has 1 aliphatic heterocycles. The van der Waals surface area contributed by atoms with E-state index in [1.54, 1.807) is 13.0 Å². The lowest BCUT2D eigenvalue weighted by molar-refractivity contribution is -0.120. The van der Waals surface area contributed by atoms with E-state index in [-0.39, 0.29) is 59.3 Å². The van der Waals surface area contributed by atoms with Gasteiger partial charge in [-0.1, -0.05) is 38.2 Å². The Morgan fingerprint density at radius 2 is 1.91 bits per heavy atom. The summed E-state index contributed by atoms with van der Waals surface area (Å²) in [5.41, 5.74) is 5.87. The molecule has 2 amide bonds. The summed E-state index contributed by atoms with van der Waals surface area (Å²) in [5.74, 6) is -2.27. The molecule has 0 unspecified atom stereocenters. The molecule has 0 radical (unpaired) electrons. The number of fused-ring (bicyclic) bond motifs is 2. The SMILES string of the molecule is CO[C@H]1/C=C\C=C(/C)C(=O)NC2=CC(=O)C(NCCCl)=C(C[C@@H](C)C[C@H](OC)[C@H](O)[C@@H](C)/C=C(\CO)[C@@H]1OC(N)=O)C2=O. The molecule has 43 heavy (non-hydrogen) atoms. The van der Waals surface area contributed by atoms with Gasteiger partial charge in [0.05, 0.1) is 30.2 Å². The minimum atomic E-state index is -1.15. The molecule has 0 aromatic rings. The van der Waals surface area contributed by atoms with Gasteiger partial charge in [0.1, 0.15) is 6.10 Å². The number of hydrogen-bond acceptors (Lipinski definition) is 10. The van der Waals surface area contributed by atoms with Crippen molar-refractivity contribution >= 4 is 35.2 Å². The number of methoxy groups -OCH3 is 2. The molecule has 2 rings (SSSR count). The number of carbonyl (C=O) groups excluding carboxylic acids is 4. The number of rotatable bonds is 7. The van der Waals surface area contributed by atoms with E-state index < -0.39 is 60.5 Å². The standard InChI is InChI=1S/C30H42ClN3O9/c1-16-11-20-25(33-10-9-31)22(36)14-21(27(20)38)34-29(39)17(2)7-6-8-23(41-4)28(43-30(32)40)19(15-35)13-18(3)26(37)24(12-16)42-5/h6-8,13-14,16,18,23-24,26,28,33,35,37H,9-12,15H2,1-5H3,(H2,32,40)(H,34,39)/b8-6-,17-7+,19-13+/t16-,18+,23+,24+,26-,28+/m1/s1. The molecular formula is C30H42ClN3O9. The number of halogens is 1. The van der Waals surface area contributed by atoms with Crippen molar-refractivity contribution in [2.75, 3.05) is 33.3 Å². The second-order valence-corrected chi connectivity index (χ2v) is 10.9. The summed E-state index contributed by atoms with van der Waals surface area (Å²) in [7, 11) is 2.80. The molecule has 0 aromatic heterocycles. The van der Waals surface area contributed by atoms with Gasteiger partial charge in [-0.15, -0.1) is 11.6 Å². The van der Waals surface area contributed by atoms with E-state index in [1.165, 1.54) is 39.4 Å². The van der Waals surface area contributed by atoms with E-state index >= 15 is 0 Å². The van der Waals surface area contributed by atoms with Gasteiger partial charge in [-0.2, -0.15) is 0 Å². The number of ketones is 2. The Kier molecular flexibility index (Phi) is 14.3. The number of primary amides is 1. The number of Topliss-reactive ketones (excluding diaryl/α,β-unsaturated/α-hetero) is 1. The Morgan fingerprint density at radius 3 is 2.49 bits per heavy atom. The highest BCUT2D eigenvalue weighted by Crippen LogP contribution is 2.29. The van der Waals surface area contributed by atoms with Crippen molar-refractivity contribution in [1.29, 1.82) is 0 Å². The molecule has 12 nitrogen and oxygen atoms in total. The highest BCUT2D eigenvalue weighted by molar-refractivity contribution is 6.23. The lowest BCUT2D eigenvalue weighted by Crippen LogP contribution is -2.38. The molecular weight excluding hydrogens is 582 g/mol. The van der Waals surface area contributed by atoms with Crippen LogP contribution in [-0.2, 0) is 28.6 Å². The molecule has 0 fully saturated rings. The second-order valence-electron chi connectivity index (χ2n) is 10.5. The van der Waals surface area contributed by atoms with Crippen molar-refractivity contribution in [3.05, 3.63) is 58.5 Å². The first-order chi connectivity index (χ1) is 20.4. The molecule has 2 aliphatic rings. The Balaban J connectivity index is 2.65. The van der Waals surface area contributed by atoms with Gasteiger partial charge >= 0.3 is 6.09 Å². The maximum Gasteiger partial charge on any atom is 0.405 e. The van der Waals surface area contributed by atoms with E-state index in [1.807, 2.05) is 6.92 Å². The Labute approximate surface area is 256 Å². The van der Waals surface area contributed by atoms with E-state index in [0.717, 1.165) is 6.08 Å². The maximum atomic E-state index is 13.5. The van der Waals surface area contributed by atoms with Gasteiger partial charge in [0.2, 0.25) is 11.6 Å². The first kappa shape index (κ1) is 35.9. The fourth-order valence-corrected chi connectivity index (χ4v) is 5.05. The minimum absolute atomic E-state index is 0.112. The molecule has 0 saturated heterocycles. The normalized spacial score (nSPS) is 31.3. The number of hydrogen-bond donors (Lipinski definition) is 5. The van der Waals surface area contributed by atoms with E-state index in [0.29, 0.717) is 0 Å². The van der Waals surface area contributed by atoms with Crippen LogP contribution in [0.15, 0.2) is 58.5 Å². The Morgan fingerprint density at radius 1 is 1.21 bits per heavy atom. The third-order valence-corrected chi connectivity index (χ3v) is 7.43. The zero-order chi connectivity index (χ0) is 32.3. The lowest BCUT2D eigenvalue weighted by atomic mass is 9.85. The van der Waals surface area contributed by atoms with Crippen LogP contribution in [0.5, 0.6) is 0 Å². The highest BCUT2D eigenvalue weighted by atomic mass is 35.5. The van der Waals surface area contributed by atoms with Crippen LogP contribution in [0.25, 0.3) is 0 Å². The van der Waals surface area contributed by atoms with Crippen molar-refractivity contribution in [2.24, 2.45) is 17.6 Å². The van der Waals surface area contributed by atoms with Gasteiger partial charge < -0.3 is 40.8 Å². The number of ether oxygens (including phenoxy) is 3. The summed E-state index contributed by atoms with van der Waals surface area (Å²) in [6.45, 7) is 4.78. The molecule has 0 aromatic carbocycles. The second kappa shape index (κ2) is 17.1. The number of aliphatic hydroxyl groups excluding tert-OH is 2. The molecule has 0 saturated carbocycles. The first-order valence-electron chi connectivity index (χ1n) is 13.9. The molecule has 2 bridgehead atoms. The van der Waals surface area contributed by atoms with Crippen LogP contribution in [0.2, 0.25) is 0 Å². The van der Waals surface area contributed by atoms with Gasteiger partial charge in [-0.25, -0.2) is 4.79 Å². The molecule has 1 aliphatic carbocycles. The van der Waals surface area contributed by atoms with Crippen LogP contribution >= 0.6 is 11.6 Å². The van der Waals surface area contributed by atoms with Crippen LogP contribution in [0.3, 0.4) is 0 Å². The van der Waals surface area contributed by atoms with Gasteiger partial charge in [-0.05, 0) is 31.3 Å². The fraction of sp³-hybridized carbons (Fsp3) is 0.533. The van der Waals surface area contributed by atoms with Crippen LogP contribution in [0, 0.1) is 11.8 Å². The van der Waals surface area contributed by atoms with Crippen molar-refractivity contribution in [2.45, 2.75) is 58.0 Å².